The molecule has 14 heteroatoms. The SMILES string of the molecule is CC(=N[O-])/C(C)=N/[O-].O.O.O.O.O.O.O.O.[Na+].[Na+]. The fourth-order valence-corrected chi connectivity index (χ4v) is 0.132. The van der Waals surface area contributed by atoms with Gasteiger partial charge in [0.15, 0.2) is 0 Å². The summed E-state index contributed by atoms with van der Waals surface area (Å²) in [5.41, 5.74) is 0.278. The fourth-order valence-electron chi connectivity index (χ4n) is 0.132. The molecule has 0 spiro atoms. The average Bonchev–Trinajstić information content (AvgIpc) is 1.84. The standard InChI is InChI=1S/C4H8N2O2.2Na.8H2O/c1-3(5-7)4(2)6-8;;;;;;;;;;/h7-8H,1-2H3;;;8*1H2/q;2*+1;;;;;;;;/p-2/b5-3+,6-4?;;;;;;;;;;. The van der Waals surface area contributed by atoms with Gasteiger partial charge in [0.2, 0.25) is 0 Å². The number of rotatable bonds is 1. The third-order valence-electron chi connectivity index (χ3n) is 0.797. The summed E-state index contributed by atoms with van der Waals surface area (Å²) in [5, 5.41) is 24.2. The summed E-state index contributed by atoms with van der Waals surface area (Å²) in [6.45, 7) is 2.87. The summed E-state index contributed by atoms with van der Waals surface area (Å²) >= 11 is 0. The van der Waals surface area contributed by atoms with Gasteiger partial charge in [0.05, 0.1) is 0 Å². The Bertz CT molecular complexity index is 130. The molecule has 0 aromatic rings. The van der Waals surface area contributed by atoms with Crippen molar-refractivity contribution in [1.82, 2.24) is 0 Å². The predicted octanol–water partition coefficient (Wildman–Crippen LogP) is -11.7. The Morgan fingerprint density at radius 1 is 0.556 bits per heavy atom. The minimum atomic E-state index is 0. The second-order valence-electron chi connectivity index (χ2n) is 1.35. The summed E-state index contributed by atoms with van der Waals surface area (Å²) in [5.74, 6) is 0. The van der Waals surface area contributed by atoms with Crippen molar-refractivity contribution in [3.8, 4) is 0 Å². The fraction of sp³-hybridized carbons (Fsp3) is 0.500. The van der Waals surface area contributed by atoms with Gasteiger partial charge in [-0.05, 0) is 13.8 Å². The van der Waals surface area contributed by atoms with Crippen LogP contribution in [0.4, 0.5) is 0 Å². The van der Waals surface area contributed by atoms with Gasteiger partial charge in [-0.2, -0.15) is 0 Å². The molecule has 0 radical (unpaired) electrons. The van der Waals surface area contributed by atoms with E-state index in [-0.39, 0.29) is 114 Å². The molecule has 0 saturated heterocycles. The molecule has 0 saturated carbocycles. The molecule has 12 nitrogen and oxygen atoms in total. The number of hydrogen-bond acceptors (Lipinski definition) is 4. The molecule has 0 unspecified atom stereocenters. The molecule has 0 aliphatic rings. The van der Waals surface area contributed by atoms with E-state index in [1.54, 1.807) is 0 Å². The molecule has 110 valence electrons. The van der Waals surface area contributed by atoms with Crippen LogP contribution in [0.25, 0.3) is 0 Å². The monoisotopic (exact) mass is 304 g/mol. The Hall–Kier alpha value is 0.620. The molecule has 0 aliphatic carbocycles. The molecule has 0 aromatic heterocycles. The molecule has 16 N–H and O–H groups in total. The van der Waals surface area contributed by atoms with Crippen LogP contribution in [0.3, 0.4) is 0 Å². The van der Waals surface area contributed by atoms with Crippen LogP contribution in [0, 0.1) is 10.4 Å². The van der Waals surface area contributed by atoms with E-state index >= 15 is 0 Å². The molecule has 0 amide bonds. The van der Waals surface area contributed by atoms with Gasteiger partial charge in [-0.25, -0.2) is 0 Å². The van der Waals surface area contributed by atoms with Crippen molar-refractivity contribution in [1.29, 1.82) is 0 Å². The van der Waals surface area contributed by atoms with Gasteiger partial charge >= 0.3 is 59.1 Å². The summed E-state index contributed by atoms with van der Waals surface area (Å²) in [4.78, 5) is 0. The van der Waals surface area contributed by atoms with E-state index in [2.05, 4.69) is 10.3 Å². The maximum absolute atomic E-state index is 9.60. The van der Waals surface area contributed by atoms with Crippen LogP contribution in [0.5, 0.6) is 0 Å². The van der Waals surface area contributed by atoms with Crippen LogP contribution in [-0.4, -0.2) is 55.2 Å². The maximum Gasteiger partial charge on any atom is 1.00 e. The first-order valence-corrected chi connectivity index (χ1v) is 2.06. The normalized spacial score (nSPS) is 6.33. The third-order valence-corrected chi connectivity index (χ3v) is 0.797. The Morgan fingerprint density at radius 3 is 0.722 bits per heavy atom. The van der Waals surface area contributed by atoms with Gasteiger partial charge in [-0.15, -0.1) is 0 Å². The topological polar surface area (TPSA) is 323 Å². The minimum absolute atomic E-state index is 0. The molecule has 0 aromatic carbocycles. The van der Waals surface area contributed by atoms with Crippen molar-refractivity contribution in [3.63, 3.8) is 0 Å². The third kappa shape index (κ3) is 54.6. The van der Waals surface area contributed by atoms with Crippen LogP contribution in [0.15, 0.2) is 10.3 Å². The van der Waals surface area contributed by atoms with E-state index in [4.69, 9.17) is 0 Å². The minimum Gasteiger partial charge on any atom is -0.792 e. The van der Waals surface area contributed by atoms with Gasteiger partial charge in [0, 0.05) is 11.4 Å². The first-order valence-electron chi connectivity index (χ1n) is 2.06. The van der Waals surface area contributed by atoms with Gasteiger partial charge < -0.3 is 64.5 Å². The van der Waals surface area contributed by atoms with E-state index in [0.29, 0.717) is 0 Å². The molecule has 18 heavy (non-hydrogen) atoms. The Balaban J connectivity index is -0.00000000544. The van der Waals surface area contributed by atoms with Gasteiger partial charge in [-0.3, -0.25) is 0 Å². The van der Waals surface area contributed by atoms with Crippen LogP contribution in [0.2, 0.25) is 0 Å². The van der Waals surface area contributed by atoms with Crippen molar-refractivity contribution in [3.05, 3.63) is 10.4 Å². The molecule has 0 aliphatic heterocycles. The van der Waals surface area contributed by atoms with E-state index < -0.39 is 0 Å². The summed E-state index contributed by atoms with van der Waals surface area (Å²) in [7, 11) is 0. The number of nitrogens with zero attached hydrogens (tertiary/aromatic N) is 2. The summed E-state index contributed by atoms with van der Waals surface area (Å²) in [6, 6.07) is 0. The van der Waals surface area contributed by atoms with Crippen LogP contribution < -0.4 is 59.1 Å². The molecule has 0 bridgehead atoms. The zero-order chi connectivity index (χ0) is 6.57. The molecular weight excluding hydrogens is 282 g/mol. The van der Waals surface area contributed by atoms with E-state index in [0.717, 1.165) is 0 Å². The van der Waals surface area contributed by atoms with Crippen LogP contribution >= 0.6 is 0 Å². The van der Waals surface area contributed by atoms with Crippen molar-refractivity contribution in [2.45, 2.75) is 13.8 Å². The first-order chi connectivity index (χ1) is 3.72. The second kappa shape index (κ2) is 65.5. The van der Waals surface area contributed by atoms with Crippen LogP contribution in [-0.2, 0) is 0 Å². The Morgan fingerprint density at radius 2 is 0.667 bits per heavy atom. The predicted molar refractivity (Wildman–Crippen MR) is 61.9 cm³/mol. The van der Waals surface area contributed by atoms with Crippen LogP contribution in [0.1, 0.15) is 13.8 Å². The van der Waals surface area contributed by atoms with Gasteiger partial charge in [-0.1, -0.05) is 0 Å². The first kappa shape index (κ1) is 99.6. The Kier molecular flexibility index (Phi) is 362. The molecule has 0 heterocycles. The summed E-state index contributed by atoms with van der Waals surface area (Å²) < 4.78 is 0. The van der Waals surface area contributed by atoms with E-state index in [1.807, 2.05) is 0 Å². The van der Waals surface area contributed by atoms with Gasteiger partial charge in [0.1, 0.15) is 0 Å². The Labute approximate surface area is 148 Å². The molecule has 0 rings (SSSR count). The largest absolute Gasteiger partial charge is 1.00 e. The van der Waals surface area contributed by atoms with E-state index in [1.165, 1.54) is 13.8 Å². The zero-order valence-electron chi connectivity index (χ0n) is 10.7. The molecule has 0 atom stereocenters. The molecule has 0 fully saturated rings. The van der Waals surface area contributed by atoms with Crippen molar-refractivity contribution in [2.75, 3.05) is 0 Å². The van der Waals surface area contributed by atoms with Crippen molar-refractivity contribution >= 4 is 11.4 Å². The smallest absolute Gasteiger partial charge is 0.792 e. The van der Waals surface area contributed by atoms with Crippen molar-refractivity contribution in [2.24, 2.45) is 10.3 Å². The maximum atomic E-state index is 9.60. The summed E-state index contributed by atoms with van der Waals surface area (Å²) in [6.07, 6.45) is 0. The quantitative estimate of drug-likeness (QED) is 0.258. The zero-order valence-corrected chi connectivity index (χ0v) is 14.7. The average molecular weight is 304 g/mol. The van der Waals surface area contributed by atoms with Gasteiger partial charge in [0.25, 0.3) is 0 Å². The number of hydrogen-bond donors (Lipinski definition) is 0. The second-order valence-corrected chi connectivity index (χ2v) is 1.35. The molecular formula is C4H22N2Na2O10. The van der Waals surface area contributed by atoms with E-state index in [9.17, 15) is 10.4 Å². The van der Waals surface area contributed by atoms with Crippen molar-refractivity contribution < 1.29 is 103 Å².